The van der Waals surface area contributed by atoms with Crippen LogP contribution in [0.2, 0.25) is 5.02 Å². The Labute approximate surface area is 118 Å². The van der Waals surface area contributed by atoms with E-state index < -0.39 is 0 Å². The molecule has 0 amide bonds. The van der Waals surface area contributed by atoms with Crippen LogP contribution in [0.4, 0.5) is 0 Å². The molecule has 0 fully saturated rings. The molecule has 0 aliphatic rings. The highest BCUT2D eigenvalue weighted by Gasteiger charge is 2.09. The van der Waals surface area contributed by atoms with Gasteiger partial charge >= 0.3 is 0 Å². The zero-order valence-electron chi connectivity index (χ0n) is 10.7. The molecule has 0 atom stereocenters. The second-order valence-electron chi connectivity index (χ2n) is 4.54. The number of nitrogens with zero attached hydrogens (tertiary/aromatic N) is 1. The highest BCUT2D eigenvalue weighted by Crippen LogP contribution is 2.27. The largest absolute Gasteiger partial charge is 0.314 e. The van der Waals surface area contributed by atoms with Crippen LogP contribution in [0.1, 0.15) is 5.69 Å². The van der Waals surface area contributed by atoms with Gasteiger partial charge in [-0.25, -0.2) is 0 Å². The van der Waals surface area contributed by atoms with E-state index in [9.17, 15) is 0 Å². The predicted octanol–water partition coefficient (Wildman–Crippen LogP) is 5.11. The van der Waals surface area contributed by atoms with E-state index >= 15 is 0 Å². The van der Waals surface area contributed by atoms with Crippen LogP contribution in [-0.4, -0.2) is 4.57 Å². The Morgan fingerprint density at radius 3 is 2.37 bits per heavy atom. The van der Waals surface area contributed by atoms with Gasteiger partial charge in [-0.1, -0.05) is 48.0 Å². The molecule has 3 aromatic rings. The first-order chi connectivity index (χ1) is 9.25. The topological polar surface area (TPSA) is 4.93 Å². The van der Waals surface area contributed by atoms with E-state index in [2.05, 4.69) is 54.0 Å². The lowest BCUT2D eigenvalue weighted by atomic mass is 10.1. The molecule has 0 bridgehead atoms. The summed E-state index contributed by atoms with van der Waals surface area (Å²) < 4.78 is 2.22. The van der Waals surface area contributed by atoms with Crippen molar-refractivity contribution in [1.82, 2.24) is 4.57 Å². The van der Waals surface area contributed by atoms with Crippen molar-refractivity contribution in [2.24, 2.45) is 0 Å². The first-order valence-electron chi connectivity index (χ1n) is 6.25. The number of benzene rings is 2. The summed E-state index contributed by atoms with van der Waals surface area (Å²) in [4.78, 5) is 0. The van der Waals surface area contributed by atoms with Gasteiger partial charge < -0.3 is 4.57 Å². The van der Waals surface area contributed by atoms with E-state index in [4.69, 9.17) is 11.6 Å². The van der Waals surface area contributed by atoms with Gasteiger partial charge in [0.15, 0.2) is 0 Å². The molecule has 1 aromatic heterocycles. The van der Waals surface area contributed by atoms with E-state index in [1.165, 1.54) is 17.0 Å². The van der Waals surface area contributed by atoms with E-state index in [0.29, 0.717) is 0 Å². The van der Waals surface area contributed by atoms with Crippen LogP contribution in [-0.2, 0) is 0 Å². The molecule has 2 aromatic carbocycles. The van der Waals surface area contributed by atoms with E-state index in [-0.39, 0.29) is 0 Å². The Bertz CT molecular complexity index is 698. The molecule has 3 rings (SSSR count). The van der Waals surface area contributed by atoms with Gasteiger partial charge in [0.25, 0.3) is 0 Å². The number of rotatable bonds is 2. The van der Waals surface area contributed by atoms with Crippen LogP contribution >= 0.6 is 11.6 Å². The monoisotopic (exact) mass is 267 g/mol. The average Bonchev–Trinajstić information content (AvgIpc) is 2.82. The average molecular weight is 268 g/mol. The van der Waals surface area contributed by atoms with Crippen molar-refractivity contribution in [3.8, 4) is 16.9 Å². The summed E-state index contributed by atoms with van der Waals surface area (Å²) in [5.74, 6) is 0. The highest BCUT2D eigenvalue weighted by atomic mass is 35.5. The number of aromatic nitrogens is 1. The SMILES string of the molecule is Cc1ccc(-c2ccccc2)n1-c1cccc(Cl)c1. The molecule has 0 radical (unpaired) electrons. The molecule has 0 unspecified atom stereocenters. The van der Waals surface area contributed by atoms with Crippen LogP contribution in [0.25, 0.3) is 16.9 Å². The van der Waals surface area contributed by atoms with Gasteiger partial charge in [-0.05, 0) is 42.8 Å². The van der Waals surface area contributed by atoms with Gasteiger partial charge in [0.1, 0.15) is 0 Å². The smallest absolute Gasteiger partial charge is 0.0531 e. The fraction of sp³-hybridized carbons (Fsp3) is 0.0588. The Balaban J connectivity index is 2.20. The fourth-order valence-corrected chi connectivity index (χ4v) is 2.52. The third kappa shape index (κ3) is 2.29. The summed E-state index contributed by atoms with van der Waals surface area (Å²) in [6, 6.07) is 22.6. The molecule has 0 N–H and O–H groups in total. The number of hydrogen-bond acceptors (Lipinski definition) is 0. The van der Waals surface area contributed by atoms with E-state index in [0.717, 1.165) is 10.7 Å². The summed E-state index contributed by atoms with van der Waals surface area (Å²) in [6.45, 7) is 2.10. The van der Waals surface area contributed by atoms with Crippen molar-refractivity contribution in [3.63, 3.8) is 0 Å². The van der Waals surface area contributed by atoms with Gasteiger partial charge in [-0.3, -0.25) is 0 Å². The Morgan fingerprint density at radius 2 is 1.63 bits per heavy atom. The second-order valence-corrected chi connectivity index (χ2v) is 4.98. The van der Waals surface area contributed by atoms with Crippen LogP contribution in [0.3, 0.4) is 0 Å². The third-order valence-electron chi connectivity index (χ3n) is 3.21. The summed E-state index contributed by atoms with van der Waals surface area (Å²) in [6.07, 6.45) is 0. The molecule has 1 nitrogen and oxygen atoms in total. The number of aryl methyl sites for hydroxylation is 1. The second kappa shape index (κ2) is 4.94. The molecule has 19 heavy (non-hydrogen) atoms. The lowest BCUT2D eigenvalue weighted by Crippen LogP contribution is -1.98. The fourth-order valence-electron chi connectivity index (χ4n) is 2.33. The molecule has 0 saturated heterocycles. The molecule has 0 spiro atoms. The first-order valence-corrected chi connectivity index (χ1v) is 6.63. The normalized spacial score (nSPS) is 10.6. The summed E-state index contributed by atoms with van der Waals surface area (Å²) in [7, 11) is 0. The van der Waals surface area contributed by atoms with Crippen molar-refractivity contribution >= 4 is 11.6 Å². The van der Waals surface area contributed by atoms with Gasteiger partial charge in [0.05, 0.1) is 5.69 Å². The van der Waals surface area contributed by atoms with Gasteiger partial charge in [0, 0.05) is 16.4 Å². The third-order valence-corrected chi connectivity index (χ3v) is 3.45. The lowest BCUT2D eigenvalue weighted by molar-refractivity contribution is 1.02. The Kier molecular flexibility index (Phi) is 3.14. The minimum Gasteiger partial charge on any atom is -0.314 e. The van der Waals surface area contributed by atoms with Crippen molar-refractivity contribution in [2.45, 2.75) is 6.92 Å². The number of halogens is 1. The van der Waals surface area contributed by atoms with Crippen LogP contribution in [0.5, 0.6) is 0 Å². The zero-order valence-corrected chi connectivity index (χ0v) is 11.4. The quantitative estimate of drug-likeness (QED) is 0.608. The minimum absolute atomic E-state index is 0.754. The van der Waals surface area contributed by atoms with Crippen LogP contribution < -0.4 is 0 Å². The molecular formula is C17H14ClN. The van der Waals surface area contributed by atoms with Gasteiger partial charge in [0.2, 0.25) is 0 Å². The van der Waals surface area contributed by atoms with Crippen LogP contribution in [0, 0.1) is 6.92 Å². The maximum absolute atomic E-state index is 6.10. The minimum atomic E-state index is 0.754. The Morgan fingerprint density at radius 1 is 0.842 bits per heavy atom. The zero-order chi connectivity index (χ0) is 13.2. The van der Waals surface area contributed by atoms with Crippen molar-refractivity contribution in [2.75, 3.05) is 0 Å². The molecule has 94 valence electrons. The standard InChI is InChI=1S/C17H14ClN/c1-13-10-11-17(14-6-3-2-4-7-14)19(13)16-9-5-8-15(18)12-16/h2-12H,1H3. The molecule has 2 heteroatoms. The molecule has 1 heterocycles. The van der Waals surface area contributed by atoms with E-state index in [1.807, 2.05) is 24.3 Å². The lowest BCUT2D eigenvalue weighted by Gasteiger charge is -2.12. The molecular weight excluding hydrogens is 254 g/mol. The summed E-state index contributed by atoms with van der Waals surface area (Å²) in [5, 5.41) is 0.754. The first kappa shape index (κ1) is 12.1. The molecule has 0 aliphatic heterocycles. The van der Waals surface area contributed by atoms with Crippen LogP contribution in [0.15, 0.2) is 66.7 Å². The van der Waals surface area contributed by atoms with Gasteiger partial charge in [-0.15, -0.1) is 0 Å². The molecule has 0 saturated carbocycles. The summed E-state index contributed by atoms with van der Waals surface area (Å²) >= 11 is 6.10. The maximum Gasteiger partial charge on any atom is 0.0531 e. The molecule has 0 aliphatic carbocycles. The summed E-state index contributed by atoms with van der Waals surface area (Å²) in [5.41, 5.74) is 4.67. The highest BCUT2D eigenvalue weighted by molar-refractivity contribution is 6.30. The maximum atomic E-state index is 6.10. The predicted molar refractivity (Wildman–Crippen MR) is 81.0 cm³/mol. The number of hydrogen-bond donors (Lipinski definition) is 0. The van der Waals surface area contributed by atoms with E-state index in [1.54, 1.807) is 0 Å². The van der Waals surface area contributed by atoms with Gasteiger partial charge in [-0.2, -0.15) is 0 Å². The van der Waals surface area contributed by atoms with Crippen molar-refractivity contribution in [3.05, 3.63) is 77.4 Å². The van der Waals surface area contributed by atoms with Crippen molar-refractivity contribution in [1.29, 1.82) is 0 Å². The Hall–Kier alpha value is -1.99. The van der Waals surface area contributed by atoms with Crippen molar-refractivity contribution < 1.29 is 0 Å².